The molecule has 4 nitrogen and oxygen atoms in total. The Labute approximate surface area is 343 Å². The van der Waals surface area contributed by atoms with Crippen LogP contribution in [-0.2, 0) is 13.2 Å². The first-order valence-electron chi connectivity index (χ1n) is 19.7. The van der Waals surface area contributed by atoms with Gasteiger partial charge in [-0.05, 0) is 169 Å². The second-order valence-electron chi connectivity index (χ2n) is 14.9. The standard InChI is InChI=1S/C54H48N2O2/c1-37-15-13-21-49(27-37)55-33-51(45-17-9-7-10-18-45)47-29-39(3)53(40(4)30-47)57-35-43-23-25-44(26-24-43)36-58-54-41(5)31-48(32-42(54)6)52(46-19-11-8-12-20-46)34-56-50-22-14-16-38(2)28-50/h7-32H,35-36H2,1-6H3. The van der Waals surface area contributed by atoms with E-state index in [4.69, 9.17) is 19.5 Å². The minimum atomic E-state index is 0.461. The van der Waals surface area contributed by atoms with Gasteiger partial charge in [-0.15, -0.1) is 0 Å². The molecule has 0 radical (unpaired) electrons. The summed E-state index contributed by atoms with van der Waals surface area (Å²) >= 11 is 0. The summed E-state index contributed by atoms with van der Waals surface area (Å²) in [6, 6.07) is 54.0. The van der Waals surface area contributed by atoms with E-state index >= 15 is 0 Å². The summed E-state index contributed by atoms with van der Waals surface area (Å²) in [6.45, 7) is 13.5. The monoisotopic (exact) mass is 756 g/mol. The normalized spacial score (nSPS) is 10.6. The third-order valence-electron chi connectivity index (χ3n) is 10.0. The quantitative estimate of drug-likeness (QED) is 0.117. The highest BCUT2D eigenvalue weighted by atomic mass is 16.5. The van der Waals surface area contributed by atoms with Crippen LogP contribution >= 0.6 is 0 Å². The van der Waals surface area contributed by atoms with Crippen LogP contribution in [-0.4, -0.2) is 11.7 Å². The molecule has 7 aromatic carbocycles. The van der Waals surface area contributed by atoms with E-state index in [1.807, 2.05) is 60.7 Å². The van der Waals surface area contributed by atoms with Gasteiger partial charge in [-0.2, -0.15) is 0 Å². The lowest BCUT2D eigenvalue weighted by Gasteiger charge is -2.16. The van der Waals surface area contributed by atoms with Gasteiger partial charge in [-0.3, -0.25) is 0 Å². The zero-order valence-corrected chi connectivity index (χ0v) is 34.1. The first kappa shape index (κ1) is 39.3. The van der Waals surface area contributed by atoms with Gasteiger partial charge < -0.3 is 9.47 Å². The molecule has 0 saturated heterocycles. The predicted octanol–water partition coefficient (Wildman–Crippen LogP) is 13.6. The third-order valence-corrected chi connectivity index (χ3v) is 10.0. The van der Waals surface area contributed by atoms with Crippen molar-refractivity contribution in [3.8, 4) is 11.5 Å². The highest BCUT2D eigenvalue weighted by Gasteiger charge is 2.14. The van der Waals surface area contributed by atoms with E-state index in [0.717, 1.165) is 89.7 Å². The van der Waals surface area contributed by atoms with Crippen LogP contribution in [0.2, 0.25) is 0 Å². The highest BCUT2D eigenvalue weighted by molar-refractivity contribution is 6.00. The molecule has 0 unspecified atom stereocenters. The Morgan fingerprint density at radius 2 is 0.759 bits per heavy atom. The van der Waals surface area contributed by atoms with Crippen molar-refractivity contribution in [2.45, 2.75) is 54.8 Å². The maximum atomic E-state index is 6.45. The van der Waals surface area contributed by atoms with Gasteiger partial charge in [0.2, 0.25) is 0 Å². The van der Waals surface area contributed by atoms with Gasteiger partial charge in [-0.1, -0.05) is 109 Å². The van der Waals surface area contributed by atoms with E-state index in [-0.39, 0.29) is 0 Å². The Balaban J connectivity index is 1.04. The predicted molar refractivity (Wildman–Crippen MR) is 241 cm³/mol. The largest absolute Gasteiger partial charge is 0.488 e. The van der Waals surface area contributed by atoms with Gasteiger partial charge in [0.15, 0.2) is 0 Å². The number of ether oxygens (including phenoxy) is 2. The van der Waals surface area contributed by atoms with Crippen LogP contribution in [0.1, 0.15) is 66.8 Å². The van der Waals surface area contributed by atoms with Gasteiger partial charge >= 0.3 is 0 Å². The van der Waals surface area contributed by atoms with E-state index in [0.29, 0.717) is 13.2 Å². The van der Waals surface area contributed by atoms with E-state index in [1.165, 1.54) is 11.1 Å². The number of rotatable bonds is 12. The molecule has 0 fully saturated rings. The lowest BCUT2D eigenvalue weighted by Crippen LogP contribution is -2.02. The van der Waals surface area contributed by atoms with Crippen LogP contribution in [0.4, 0.5) is 11.4 Å². The summed E-state index contributed by atoms with van der Waals surface area (Å²) in [7, 11) is 0. The Hall–Kier alpha value is -6.96. The zero-order chi connectivity index (χ0) is 40.4. The van der Waals surface area contributed by atoms with Gasteiger partial charge in [0.1, 0.15) is 24.7 Å². The van der Waals surface area contributed by atoms with Crippen LogP contribution in [0.15, 0.2) is 168 Å². The Kier molecular flexibility index (Phi) is 12.4. The number of benzene rings is 7. The topological polar surface area (TPSA) is 43.2 Å². The average Bonchev–Trinajstić information content (AvgIpc) is 3.22. The summed E-state index contributed by atoms with van der Waals surface area (Å²) in [5.41, 5.74) is 16.6. The second-order valence-corrected chi connectivity index (χ2v) is 14.9. The Morgan fingerprint density at radius 3 is 1.10 bits per heavy atom. The molecular formula is C54H48N2O2. The molecule has 0 spiro atoms. The lowest BCUT2D eigenvalue weighted by atomic mass is 9.95. The van der Waals surface area contributed by atoms with Crippen LogP contribution < -0.4 is 9.47 Å². The summed E-state index contributed by atoms with van der Waals surface area (Å²) in [4.78, 5) is 9.45. The van der Waals surface area contributed by atoms with Crippen LogP contribution in [0.5, 0.6) is 11.5 Å². The molecule has 0 aliphatic heterocycles. The number of aliphatic imine (C=N–C) groups is 2. The van der Waals surface area contributed by atoms with Crippen LogP contribution in [0.3, 0.4) is 0 Å². The van der Waals surface area contributed by atoms with Crippen molar-refractivity contribution >= 4 is 34.3 Å². The fraction of sp³-hybridized carbons (Fsp3) is 0.148. The van der Waals surface area contributed by atoms with E-state index < -0.39 is 0 Å². The molecule has 0 N–H and O–H groups in total. The summed E-state index contributed by atoms with van der Waals surface area (Å²) in [5, 5.41) is 0. The van der Waals surface area contributed by atoms with E-state index in [9.17, 15) is 0 Å². The molecule has 4 heteroatoms. The molecule has 286 valence electrons. The first-order chi connectivity index (χ1) is 28.2. The molecule has 0 aliphatic rings. The van der Waals surface area contributed by atoms with Crippen LogP contribution in [0.25, 0.3) is 11.1 Å². The minimum Gasteiger partial charge on any atom is -0.488 e. The van der Waals surface area contributed by atoms with Crippen molar-refractivity contribution in [2.75, 3.05) is 0 Å². The highest BCUT2D eigenvalue weighted by Crippen LogP contribution is 2.33. The smallest absolute Gasteiger partial charge is 0.125 e. The molecule has 0 saturated carbocycles. The molecule has 0 atom stereocenters. The minimum absolute atomic E-state index is 0.461. The molecule has 7 rings (SSSR count). The molecule has 0 heterocycles. The van der Waals surface area contributed by atoms with Gasteiger partial charge in [0, 0.05) is 0 Å². The van der Waals surface area contributed by atoms with Crippen molar-refractivity contribution in [1.29, 1.82) is 0 Å². The number of hydrogen-bond acceptors (Lipinski definition) is 4. The van der Waals surface area contributed by atoms with Gasteiger partial charge in [-0.25, -0.2) is 9.98 Å². The molecule has 0 aliphatic carbocycles. The molecule has 58 heavy (non-hydrogen) atoms. The average molecular weight is 757 g/mol. The number of nitrogens with zero attached hydrogens (tertiary/aromatic N) is 2. The Bertz CT molecular complexity index is 2450. The number of aryl methyl sites for hydroxylation is 6. The van der Waals surface area contributed by atoms with Crippen molar-refractivity contribution < 1.29 is 9.47 Å². The molecular weight excluding hydrogens is 709 g/mol. The summed E-state index contributed by atoms with van der Waals surface area (Å²) in [6.07, 6.45) is 0. The maximum absolute atomic E-state index is 6.45. The van der Waals surface area contributed by atoms with Crippen molar-refractivity contribution in [3.05, 3.63) is 224 Å². The molecule has 7 aromatic rings. The SMILES string of the molecule is Cc1cccc(N=C=C(c2ccccc2)c2cc(C)c(OCc3ccc(COc4c(C)cc(C(=C=Nc5cccc(C)c5)c5ccccc5)cc4C)cc3)c(C)c2)c1. The van der Waals surface area contributed by atoms with Crippen LogP contribution in [0, 0.1) is 41.5 Å². The zero-order valence-electron chi connectivity index (χ0n) is 34.1. The van der Waals surface area contributed by atoms with E-state index in [2.05, 4.69) is 150 Å². The van der Waals surface area contributed by atoms with Gasteiger partial charge in [0.05, 0.1) is 22.5 Å². The first-order valence-corrected chi connectivity index (χ1v) is 19.7. The lowest BCUT2D eigenvalue weighted by molar-refractivity contribution is 0.298. The molecule has 0 amide bonds. The van der Waals surface area contributed by atoms with Crippen molar-refractivity contribution in [1.82, 2.24) is 0 Å². The maximum Gasteiger partial charge on any atom is 0.125 e. The summed E-state index contributed by atoms with van der Waals surface area (Å²) in [5.74, 6) is 8.51. The molecule has 0 bridgehead atoms. The van der Waals surface area contributed by atoms with Crippen molar-refractivity contribution in [2.24, 2.45) is 9.98 Å². The fourth-order valence-corrected chi connectivity index (χ4v) is 7.12. The van der Waals surface area contributed by atoms with Gasteiger partial charge in [0.25, 0.3) is 0 Å². The Morgan fingerprint density at radius 1 is 0.397 bits per heavy atom. The second kappa shape index (κ2) is 18.3. The third kappa shape index (κ3) is 9.88. The number of hydrogen-bond donors (Lipinski definition) is 0. The fourth-order valence-electron chi connectivity index (χ4n) is 7.12. The van der Waals surface area contributed by atoms with E-state index in [1.54, 1.807) is 0 Å². The summed E-state index contributed by atoms with van der Waals surface area (Å²) < 4.78 is 12.9. The molecule has 0 aromatic heterocycles. The van der Waals surface area contributed by atoms with Crippen molar-refractivity contribution in [3.63, 3.8) is 0 Å².